The van der Waals surface area contributed by atoms with Crippen molar-refractivity contribution in [2.45, 2.75) is 25.8 Å². The lowest BCUT2D eigenvalue weighted by Gasteiger charge is -2.40. The highest BCUT2D eigenvalue weighted by Crippen LogP contribution is 2.41. The van der Waals surface area contributed by atoms with Crippen molar-refractivity contribution in [2.24, 2.45) is 5.41 Å². The minimum absolute atomic E-state index is 0.496. The summed E-state index contributed by atoms with van der Waals surface area (Å²) in [5.74, 6) is -0.642. The second kappa shape index (κ2) is 5.41. The zero-order valence-electron chi connectivity index (χ0n) is 10.5. The van der Waals surface area contributed by atoms with Gasteiger partial charge in [-0.2, -0.15) is 0 Å². The topological polar surface area (TPSA) is 40.5 Å². The summed E-state index contributed by atoms with van der Waals surface area (Å²) in [7, 11) is 1.99. The minimum Gasteiger partial charge on any atom is -0.481 e. The molecule has 0 atom stereocenters. The molecule has 1 N–H and O–H groups in total. The molecule has 1 aromatic rings. The molecule has 4 heteroatoms. The van der Waals surface area contributed by atoms with Gasteiger partial charge in [-0.05, 0) is 37.6 Å². The Kier molecular flexibility index (Phi) is 4.07. The van der Waals surface area contributed by atoms with E-state index in [0.29, 0.717) is 6.54 Å². The first-order valence-corrected chi connectivity index (χ1v) is 6.97. The van der Waals surface area contributed by atoms with Crippen molar-refractivity contribution < 1.29 is 9.90 Å². The molecule has 0 unspecified atom stereocenters. The van der Waals surface area contributed by atoms with E-state index in [1.165, 1.54) is 5.56 Å². The molecule has 0 bridgehead atoms. The molecular weight excluding hydrogens is 294 g/mol. The maximum Gasteiger partial charge on any atom is 0.310 e. The molecule has 2 rings (SSSR count). The Balaban J connectivity index is 1.94. The van der Waals surface area contributed by atoms with Crippen LogP contribution in [0, 0.1) is 5.41 Å². The van der Waals surface area contributed by atoms with E-state index in [9.17, 15) is 9.90 Å². The van der Waals surface area contributed by atoms with Crippen molar-refractivity contribution in [3.8, 4) is 0 Å². The lowest BCUT2D eigenvalue weighted by atomic mass is 9.68. The van der Waals surface area contributed by atoms with Crippen molar-refractivity contribution in [1.29, 1.82) is 0 Å². The van der Waals surface area contributed by atoms with Gasteiger partial charge in [0, 0.05) is 17.6 Å². The van der Waals surface area contributed by atoms with E-state index in [4.69, 9.17) is 0 Å². The molecular formula is C14H18BrNO2. The summed E-state index contributed by atoms with van der Waals surface area (Å²) in [5.41, 5.74) is 0.713. The molecule has 18 heavy (non-hydrogen) atoms. The number of hydrogen-bond acceptors (Lipinski definition) is 2. The molecule has 1 aromatic carbocycles. The van der Waals surface area contributed by atoms with Crippen LogP contribution in [0.25, 0.3) is 0 Å². The largest absolute Gasteiger partial charge is 0.481 e. The molecule has 3 nitrogen and oxygen atoms in total. The summed E-state index contributed by atoms with van der Waals surface area (Å²) >= 11 is 3.41. The Morgan fingerprint density at radius 2 is 2.00 bits per heavy atom. The van der Waals surface area contributed by atoms with E-state index in [2.05, 4.69) is 33.0 Å². The predicted octanol–water partition coefficient (Wildman–Crippen LogP) is 3.14. The number of benzene rings is 1. The zero-order chi connectivity index (χ0) is 13.2. The quantitative estimate of drug-likeness (QED) is 0.908. The van der Waals surface area contributed by atoms with Crippen LogP contribution in [-0.2, 0) is 11.3 Å². The molecule has 0 amide bonds. The van der Waals surface area contributed by atoms with E-state index in [1.807, 2.05) is 19.2 Å². The van der Waals surface area contributed by atoms with Crippen LogP contribution in [0.15, 0.2) is 28.7 Å². The Bertz CT molecular complexity index is 426. The van der Waals surface area contributed by atoms with Crippen LogP contribution >= 0.6 is 15.9 Å². The molecule has 98 valence electrons. The number of aliphatic carboxylic acids is 1. The highest BCUT2D eigenvalue weighted by Gasteiger charge is 2.44. The van der Waals surface area contributed by atoms with Gasteiger partial charge in [-0.25, -0.2) is 0 Å². The highest BCUT2D eigenvalue weighted by molar-refractivity contribution is 9.10. The Hall–Kier alpha value is -0.870. The van der Waals surface area contributed by atoms with Gasteiger partial charge in [0.25, 0.3) is 0 Å². The number of carboxylic acid groups (broad SMARTS) is 1. The first-order chi connectivity index (χ1) is 8.52. The normalized spacial score (nSPS) is 17.5. The predicted molar refractivity (Wildman–Crippen MR) is 74.4 cm³/mol. The number of carboxylic acids is 1. The van der Waals surface area contributed by atoms with Crippen LogP contribution in [0.4, 0.5) is 0 Å². The summed E-state index contributed by atoms with van der Waals surface area (Å²) in [6.07, 6.45) is 2.67. The van der Waals surface area contributed by atoms with Crippen molar-refractivity contribution in [3.05, 3.63) is 34.3 Å². The van der Waals surface area contributed by atoms with Crippen molar-refractivity contribution in [3.63, 3.8) is 0 Å². The second-order valence-electron chi connectivity index (χ2n) is 5.24. The molecule has 1 aliphatic carbocycles. The monoisotopic (exact) mass is 311 g/mol. The lowest BCUT2D eigenvalue weighted by molar-refractivity contribution is -0.156. The number of rotatable bonds is 5. The van der Waals surface area contributed by atoms with E-state index < -0.39 is 11.4 Å². The molecule has 0 aliphatic heterocycles. The van der Waals surface area contributed by atoms with E-state index in [0.717, 1.165) is 30.3 Å². The number of halogens is 1. The van der Waals surface area contributed by atoms with E-state index in [-0.39, 0.29) is 0 Å². The fourth-order valence-electron chi connectivity index (χ4n) is 2.52. The molecule has 0 radical (unpaired) electrons. The Labute approximate surface area is 116 Å². The summed E-state index contributed by atoms with van der Waals surface area (Å²) in [4.78, 5) is 13.4. The van der Waals surface area contributed by atoms with Gasteiger partial charge in [-0.3, -0.25) is 4.79 Å². The van der Waals surface area contributed by atoms with Crippen LogP contribution in [0.2, 0.25) is 0 Å². The average Bonchev–Trinajstić information content (AvgIpc) is 2.26. The van der Waals surface area contributed by atoms with Crippen LogP contribution < -0.4 is 0 Å². The van der Waals surface area contributed by atoms with E-state index in [1.54, 1.807) is 0 Å². The van der Waals surface area contributed by atoms with Gasteiger partial charge in [0.1, 0.15) is 0 Å². The van der Waals surface area contributed by atoms with Crippen LogP contribution in [0.1, 0.15) is 24.8 Å². The fraction of sp³-hybridized carbons (Fsp3) is 0.500. The molecule has 0 aromatic heterocycles. The van der Waals surface area contributed by atoms with E-state index >= 15 is 0 Å². The van der Waals surface area contributed by atoms with Gasteiger partial charge in [0.2, 0.25) is 0 Å². The molecule has 1 aliphatic rings. The molecule has 1 saturated carbocycles. The smallest absolute Gasteiger partial charge is 0.310 e. The van der Waals surface area contributed by atoms with Gasteiger partial charge >= 0.3 is 5.97 Å². The molecule has 0 saturated heterocycles. The third-order valence-corrected chi connectivity index (χ3v) is 4.23. The third kappa shape index (κ3) is 2.93. The molecule has 1 fully saturated rings. The van der Waals surface area contributed by atoms with Crippen LogP contribution in [0.3, 0.4) is 0 Å². The van der Waals surface area contributed by atoms with Gasteiger partial charge in [0.15, 0.2) is 0 Å². The maximum atomic E-state index is 11.3. The third-order valence-electron chi connectivity index (χ3n) is 3.70. The SMILES string of the molecule is CN(Cc1ccc(Br)cc1)CC1(C(=O)O)CCC1. The minimum atomic E-state index is -0.642. The first kappa shape index (κ1) is 13.6. The first-order valence-electron chi connectivity index (χ1n) is 6.18. The lowest BCUT2D eigenvalue weighted by Crippen LogP contribution is -2.46. The number of nitrogens with zero attached hydrogens (tertiary/aromatic N) is 1. The maximum absolute atomic E-state index is 11.3. The fourth-order valence-corrected chi connectivity index (χ4v) is 2.78. The summed E-state index contributed by atoms with van der Waals surface area (Å²) in [6, 6.07) is 8.16. The van der Waals surface area contributed by atoms with Crippen molar-refractivity contribution in [1.82, 2.24) is 4.90 Å². The molecule has 0 heterocycles. The summed E-state index contributed by atoms with van der Waals surface area (Å²) in [6.45, 7) is 1.43. The van der Waals surface area contributed by atoms with Gasteiger partial charge in [-0.15, -0.1) is 0 Å². The number of carbonyl (C=O) groups is 1. The van der Waals surface area contributed by atoms with Gasteiger partial charge < -0.3 is 10.0 Å². The number of hydrogen-bond donors (Lipinski definition) is 1. The van der Waals surface area contributed by atoms with Crippen molar-refractivity contribution >= 4 is 21.9 Å². The summed E-state index contributed by atoms with van der Waals surface area (Å²) in [5, 5.41) is 9.30. The Morgan fingerprint density at radius 3 is 2.44 bits per heavy atom. The zero-order valence-corrected chi connectivity index (χ0v) is 12.1. The van der Waals surface area contributed by atoms with Gasteiger partial charge in [-0.1, -0.05) is 34.5 Å². The summed E-state index contributed by atoms with van der Waals surface area (Å²) < 4.78 is 1.06. The van der Waals surface area contributed by atoms with Crippen molar-refractivity contribution in [2.75, 3.05) is 13.6 Å². The highest BCUT2D eigenvalue weighted by atomic mass is 79.9. The van der Waals surface area contributed by atoms with Gasteiger partial charge in [0.05, 0.1) is 5.41 Å². The van der Waals surface area contributed by atoms with Crippen LogP contribution in [-0.4, -0.2) is 29.6 Å². The average molecular weight is 312 g/mol. The molecule has 0 spiro atoms. The standard InChI is InChI=1S/C14H18BrNO2/c1-16(9-11-3-5-12(15)6-4-11)10-14(13(17)18)7-2-8-14/h3-6H,2,7-10H2,1H3,(H,17,18). The van der Waals surface area contributed by atoms with Crippen LogP contribution in [0.5, 0.6) is 0 Å². The second-order valence-corrected chi connectivity index (χ2v) is 6.15. The Morgan fingerprint density at radius 1 is 1.39 bits per heavy atom.